The number of aryl methyl sites for hydroxylation is 2. The number of aromatic nitrogens is 2. The molecular weight excluding hydrogens is 554 g/mol. The summed E-state index contributed by atoms with van der Waals surface area (Å²) >= 11 is 11.0. The summed E-state index contributed by atoms with van der Waals surface area (Å²) in [5, 5.41) is 5.42. The van der Waals surface area contributed by atoms with Crippen molar-refractivity contribution in [1.82, 2.24) is 9.97 Å². The minimum Gasteiger partial charge on any atom is -0.323 e. The average Bonchev–Trinajstić information content (AvgIpc) is 3.52. The van der Waals surface area contributed by atoms with Gasteiger partial charge in [-0.05, 0) is 76.1 Å². The highest BCUT2D eigenvalue weighted by atomic mass is 79.9. The van der Waals surface area contributed by atoms with Gasteiger partial charge >= 0.3 is 0 Å². The Morgan fingerprint density at radius 3 is 2.42 bits per heavy atom. The van der Waals surface area contributed by atoms with E-state index in [0.29, 0.717) is 5.02 Å². The third-order valence-corrected chi connectivity index (χ3v) is 8.75. The molecule has 3 nitrogen and oxygen atoms in total. The first-order valence-electron chi connectivity index (χ1n) is 13.0. The molecule has 5 aromatic carbocycles. The molecule has 0 spiro atoms. The van der Waals surface area contributed by atoms with Crippen LogP contribution in [0.1, 0.15) is 37.5 Å². The van der Waals surface area contributed by atoms with Crippen LogP contribution in [-0.2, 0) is 18.3 Å². The third-order valence-electron chi connectivity index (χ3n) is 7.79. The summed E-state index contributed by atoms with van der Waals surface area (Å²) in [6.07, 6.45) is 2.13. The second kappa shape index (κ2) is 8.59. The van der Waals surface area contributed by atoms with Crippen LogP contribution in [0.2, 0.25) is 5.02 Å². The fourth-order valence-corrected chi connectivity index (χ4v) is 6.60. The van der Waals surface area contributed by atoms with Gasteiger partial charge in [0.25, 0.3) is 0 Å². The molecule has 0 unspecified atom stereocenters. The van der Waals surface area contributed by atoms with Crippen molar-refractivity contribution in [2.24, 2.45) is 0 Å². The number of aromatic amines is 1. The average molecular weight is 581 g/mol. The number of anilines is 3. The first-order valence-corrected chi connectivity index (χ1v) is 14.2. The normalized spacial score (nSPS) is 13.2. The van der Waals surface area contributed by atoms with Gasteiger partial charge in [-0.15, -0.1) is 0 Å². The van der Waals surface area contributed by atoms with E-state index in [0.717, 1.165) is 56.4 Å². The van der Waals surface area contributed by atoms with Crippen LogP contribution in [0.5, 0.6) is 0 Å². The van der Waals surface area contributed by atoms with Crippen LogP contribution < -0.4 is 4.90 Å². The number of nitrogens with zero attached hydrogens (tertiary/aromatic N) is 2. The lowest BCUT2D eigenvalue weighted by molar-refractivity contribution is 0.591. The summed E-state index contributed by atoms with van der Waals surface area (Å²) in [7, 11) is 0. The fourth-order valence-electron chi connectivity index (χ4n) is 5.82. The largest absolute Gasteiger partial charge is 0.323 e. The molecule has 0 atom stereocenters. The van der Waals surface area contributed by atoms with Crippen LogP contribution in [0.3, 0.4) is 0 Å². The highest BCUT2D eigenvalue weighted by Gasteiger charge is 2.27. The lowest BCUT2D eigenvalue weighted by atomic mass is 9.87. The van der Waals surface area contributed by atoms with Crippen LogP contribution in [0.15, 0.2) is 83.3 Å². The molecule has 0 aliphatic heterocycles. The Morgan fingerprint density at radius 1 is 0.868 bits per heavy atom. The van der Waals surface area contributed by atoms with E-state index < -0.39 is 0 Å². The molecule has 7 rings (SSSR count). The summed E-state index contributed by atoms with van der Waals surface area (Å²) in [5.74, 6) is 0.745. The van der Waals surface area contributed by atoms with Gasteiger partial charge in [-0.1, -0.05) is 96.8 Å². The molecule has 0 radical (unpaired) electrons. The number of hydrogen-bond donors (Lipinski definition) is 1. The molecule has 0 bridgehead atoms. The quantitative estimate of drug-likeness (QED) is 0.226. The number of nitrogens with one attached hydrogen (secondary N) is 1. The number of rotatable bonds is 3. The molecule has 38 heavy (non-hydrogen) atoms. The molecule has 1 aliphatic carbocycles. The fraction of sp³-hybridized carbons (Fsp3) is 0.182. The van der Waals surface area contributed by atoms with Gasteiger partial charge in [0, 0.05) is 15.2 Å². The predicted octanol–water partition coefficient (Wildman–Crippen LogP) is 10.2. The molecule has 0 fully saturated rings. The Labute approximate surface area is 235 Å². The van der Waals surface area contributed by atoms with Gasteiger partial charge in [-0.2, -0.15) is 0 Å². The maximum absolute atomic E-state index is 7.05. The SMILES string of the molecule is CC(C)(C)c1ccc2nc(N(c3c(Cl)ccc4ccccc34)c3ccc4c5c(ccc(Br)c35)CC4)[nH]c2c1. The van der Waals surface area contributed by atoms with E-state index in [1.54, 1.807) is 0 Å². The second-order valence-electron chi connectivity index (χ2n) is 11.2. The van der Waals surface area contributed by atoms with Crippen molar-refractivity contribution >= 4 is 77.4 Å². The van der Waals surface area contributed by atoms with Crippen molar-refractivity contribution in [3.05, 3.63) is 105 Å². The van der Waals surface area contributed by atoms with E-state index >= 15 is 0 Å². The second-order valence-corrected chi connectivity index (χ2v) is 12.5. The minimum atomic E-state index is 0.0423. The van der Waals surface area contributed by atoms with E-state index in [2.05, 4.69) is 119 Å². The number of benzene rings is 5. The number of H-pyrrole nitrogens is 1. The maximum Gasteiger partial charge on any atom is 0.213 e. The van der Waals surface area contributed by atoms with Gasteiger partial charge in [0.1, 0.15) is 0 Å². The monoisotopic (exact) mass is 579 g/mol. The van der Waals surface area contributed by atoms with Crippen LogP contribution in [-0.4, -0.2) is 9.97 Å². The van der Waals surface area contributed by atoms with Gasteiger partial charge in [-0.3, -0.25) is 4.90 Å². The van der Waals surface area contributed by atoms with Gasteiger partial charge in [0.2, 0.25) is 5.95 Å². The molecule has 188 valence electrons. The van der Waals surface area contributed by atoms with Crippen molar-refractivity contribution in [2.45, 2.75) is 39.0 Å². The van der Waals surface area contributed by atoms with Gasteiger partial charge in [0.15, 0.2) is 0 Å². The summed E-state index contributed by atoms with van der Waals surface area (Å²) in [4.78, 5) is 11.0. The van der Waals surface area contributed by atoms with Crippen molar-refractivity contribution < 1.29 is 0 Å². The third kappa shape index (κ3) is 3.65. The number of imidazole rings is 1. The van der Waals surface area contributed by atoms with Crippen molar-refractivity contribution in [1.29, 1.82) is 0 Å². The van der Waals surface area contributed by atoms with E-state index in [4.69, 9.17) is 16.6 Å². The van der Waals surface area contributed by atoms with Crippen LogP contribution in [0, 0.1) is 0 Å². The maximum atomic E-state index is 7.05. The summed E-state index contributed by atoms with van der Waals surface area (Å²) < 4.78 is 1.07. The Hall–Kier alpha value is -3.34. The molecule has 0 saturated carbocycles. The summed E-state index contributed by atoms with van der Waals surface area (Å²) in [6.45, 7) is 6.70. The molecule has 1 heterocycles. The van der Waals surface area contributed by atoms with Crippen LogP contribution in [0.25, 0.3) is 32.6 Å². The Balaban J connectivity index is 1.57. The lowest BCUT2D eigenvalue weighted by Gasteiger charge is -2.27. The van der Waals surface area contributed by atoms with Crippen molar-refractivity contribution in [2.75, 3.05) is 4.90 Å². The van der Waals surface area contributed by atoms with Crippen molar-refractivity contribution in [3.63, 3.8) is 0 Å². The Morgan fingerprint density at radius 2 is 1.63 bits per heavy atom. The van der Waals surface area contributed by atoms with E-state index in [1.807, 2.05) is 6.07 Å². The highest BCUT2D eigenvalue weighted by Crippen LogP contribution is 2.48. The first-order chi connectivity index (χ1) is 18.3. The Bertz CT molecular complexity index is 1890. The molecule has 1 aromatic heterocycles. The number of fused-ring (bicyclic) bond motifs is 2. The molecule has 1 aliphatic rings. The molecule has 5 heteroatoms. The molecular formula is C33H27BrClN3. The van der Waals surface area contributed by atoms with Gasteiger partial charge < -0.3 is 4.98 Å². The Kier molecular flexibility index (Phi) is 5.37. The standard InChI is InChI=1S/C33H27BrClN3/c1-33(2,3)22-13-16-26-27(18-22)37-32(36-26)38(31-23-7-5-4-6-19(23)11-15-25(31)35)28-17-12-21-9-8-20-10-14-24(34)30(28)29(20)21/h4-7,10-18H,8-9H2,1-3H3,(H,36,37). The zero-order valence-electron chi connectivity index (χ0n) is 21.6. The zero-order valence-corrected chi connectivity index (χ0v) is 23.9. The lowest BCUT2D eigenvalue weighted by Crippen LogP contribution is -2.13. The zero-order chi connectivity index (χ0) is 26.2. The van der Waals surface area contributed by atoms with E-state index in [1.165, 1.54) is 27.5 Å². The van der Waals surface area contributed by atoms with Gasteiger partial charge in [0.05, 0.1) is 27.4 Å². The van der Waals surface area contributed by atoms with Crippen LogP contribution >= 0.6 is 27.5 Å². The minimum absolute atomic E-state index is 0.0423. The van der Waals surface area contributed by atoms with E-state index in [9.17, 15) is 0 Å². The smallest absolute Gasteiger partial charge is 0.213 e. The molecule has 0 amide bonds. The summed E-state index contributed by atoms with van der Waals surface area (Å²) in [5.41, 5.74) is 8.01. The van der Waals surface area contributed by atoms with Crippen molar-refractivity contribution in [3.8, 4) is 0 Å². The van der Waals surface area contributed by atoms with Gasteiger partial charge in [-0.25, -0.2) is 4.98 Å². The summed E-state index contributed by atoms with van der Waals surface area (Å²) in [6, 6.07) is 27.9. The number of halogens is 2. The highest BCUT2D eigenvalue weighted by molar-refractivity contribution is 9.10. The first kappa shape index (κ1) is 23.8. The molecule has 6 aromatic rings. The topological polar surface area (TPSA) is 31.9 Å². The number of hydrogen-bond acceptors (Lipinski definition) is 2. The van der Waals surface area contributed by atoms with Crippen LogP contribution in [0.4, 0.5) is 17.3 Å². The predicted molar refractivity (Wildman–Crippen MR) is 165 cm³/mol. The molecule has 1 N–H and O–H groups in total. The molecule has 0 saturated heterocycles. The van der Waals surface area contributed by atoms with E-state index in [-0.39, 0.29) is 5.41 Å².